The Morgan fingerprint density at radius 2 is 1.57 bits per heavy atom. The van der Waals surface area contributed by atoms with Crippen LogP contribution in [0.25, 0.3) is 0 Å². The molecule has 0 bridgehead atoms. The van der Waals surface area contributed by atoms with Gasteiger partial charge in [0.05, 0.1) is 12.3 Å². The zero-order chi connectivity index (χ0) is 24.3. The Morgan fingerprint density at radius 1 is 0.857 bits per heavy atom. The molecule has 35 heavy (non-hydrogen) atoms. The summed E-state index contributed by atoms with van der Waals surface area (Å²) in [5, 5.41) is 0. The molecule has 0 aliphatic carbocycles. The Labute approximate surface area is 212 Å². The van der Waals surface area contributed by atoms with Gasteiger partial charge in [0.25, 0.3) is 0 Å². The molecule has 2 saturated heterocycles. The van der Waals surface area contributed by atoms with E-state index < -0.39 is 0 Å². The molecule has 0 spiro atoms. The SMILES string of the molecule is CN1CCN(c2ccccc2OCCCCC(=O)N2CCC(CCCc3ccccc3)CC2)CC1. The second kappa shape index (κ2) is 13.5. The van der Waals surface area contributed by atoms with E-state index in [4.69, 9.17) is 4.74 Å². The van der Waals surface area contributed by atoms with Gasteiger partial charge < -0.3 is 19.4 Å². The zero-order valence-corrected chi connectivity index (χ0v) is 21.5. The fourth-order valence-corrected chi connectivity index (χ4v) is 5.32. The second-order valence-corrected chi connectivity index (χ2v) is 10.3. The number of rotatable bonds is 11. The van der Waals surface area contributed by atoms with Gasteiger partial charge in [0.2, 0.25) is 5.91 Å². The average molecular weight is 478 g/mol. The monoisotopic (exact) mass is 477 g/mol. The number of aryl methyl sites for hydroxylation is 1. The number of ether oxygens (including phenoxy) is 1. The molecule has 4 rings (SSSR count). The topological polar surface area (TPSA) is 36.0 Å². The van der Waals surface area contributed by atoms with Crippen LogP contribution in [-0.2, 0) is 11.2 Å². The molecule has 2 aliphatic rings. The van der Waals surface area contributed by atoms with E-state index in [1.165, 1.54) is 30.5 Å². The number of nitrogens with zero attached hydrogens (tertiary/aromatic N) is 3. The predicted octanol–water partition coefficient (Wildman–Crippen LogP) is 5.25. The maximum Gasteiger partial charge on any atom is 0.222 e. The molecule has 0 N–H and O–H groups in total. The molecule has 190 valence electrons. The van der Waals surface area contributed by atoms with Gasteiger partial charge in [-0.1, -0.05) is 42.5 Å². The van der Waals surface area contributed by atoms with Gasteiger partial charge in [0.1, 0.15) is 5.75 Å². The van der Waals surface area contributed by atoms with E-state index in [-0.39, 0.29) is 0 Å². The van der Waals surface area contributed by atoms with Crippen molar-refractivity contribution in [1.29, 1.82) is 0 Å². The van der Waals surface area contributed by atoms with Crippen LogP contribution in [0.1, 0.15) is 50.5 Å². The first-order valence-electron chi connectivity index (χ1n) is 13.7. The molecule has 5 heteroatoms. The zero-order valence-electron chi connectivity index (χ0n) is 21.5. The largest absolute Gasteiger partial charge is 0.491 e. The van der Waals surface area contributed by atoms with E-state index >= 15 is 0 Å². The number of hydrogen-bond donors (Lipinski definition) is 0. The highest BCUT2D eigenvalue weighted by Crippen LogP contribution is 2.29. The summed E-state index contributed by atoms with van der Waals surface area (Å²) in [5.74, 6) is 2.07. The highest BCUT2D eigenvalue weighted by atomic mass is 16.5. The van der Waals surface area contributed by atoms with E-state index in [0.29, 0.717) is 18.9 Å². The van der Waals surface area contributed by atoms with Crippen LogP contribution in [0.5, 0.6) is 5.75 Å². The normalized spacial score (nSPS) is 17.5. The second-order valence-electron chi connectivity index (χ2n) is 10.3. The molecule has 1 amide bonds. The molecule has 0 unspecified atom stereocenters. The van der Waals surface area contributed by atoms with Crippen LogP contribution in [0.4, 0.5) is 5.69 Å². The van der Waals surface area contributed by atoms with Crippen molar-refractivity contribution in [2.45, 2.75) is 51.4 Å². The molecule has 2 fully saturated rings. The van der Waals surface area contributed by atoms with E-state index in [9.17, 15) is 4.79 Å². The van der Waals surface area contributed by atoms with Crippen LogP contribution in [0.15, 0.2) is 54.6 Å². The number of piperazine rings is 1. The third-order valence-corrected chi connectivity index (χ3v) is 7.64. The number of carbonyl (C=O) groups excluding carboxylic acids is 1. The number of carbonyl (C=O) groups is 1. The van der Waals surface area contributed by atoms with Crippen molar-refractivity contribution in [1.82, 2.24) is 9.80 Å². The third kappa shape index (κ3) is 7.99. The maximum absolute atomic E-state index is 12.7. The van der Waals surface area contributed by atoms with Crippen LogP contribution in [0.3, 0.4) is 0 Å². The number of likely N-dealkylation sites (tertiary alicyclic amines) is 1. The fraction of sp³-hybridized carbons (Fsp3) is 0.567. The smallest absolute Gasteiger partial charge is 0.222 e. The number of para-hydroxylation sites is 2. The fourth-order valence-electron chi connectivity index (χ4n) is 5.32. The number of anilines is 1. The number of likely N-dealkylation sites (N-methyl/N-ethyl adjacent to an activating group) is 1. The van der Waals surface area contributed by atoms with Crippen LogP contribution in [0, 0.1) is 5.92 Å². The quantitative estimate of drug-likeness (QED) is 0.414. The van der Waals surface area contributed by atoms with Gasteiger partial charge in [-0.3, -0.25) is 4.79 Å². The van der Waals surface area contributed by atoms with E-state index in [0.717, 1.165) is 76.6 Å². The number of benzene rings is 2. The predicted molar refractivity (Wildman–Crippen MR) is 144 cm³/mol. The lowest BCUT2D eigenvalue weighted by atomic mass is 9.90. The average Bonchev–Trinajstić information content (AvgIpc) is 2.90. The van der Waals surface area contributed by atoms with Crippen molar-refractivity contribution in [3.05, 3.63) is 60.2 Å². The molecule has 2 heterocycles. The van der Waals surface area contributed by atoms with Gasteiger partial charge in [-0.2, -0.15) is 0 Å². The molecular formula is C30H43N3O2. The minimum atomic E-state index is 0.325. The summed E-state index contributed by atoms with van der Waals surface area (Å²) < 4.78 is 6.15. The summed E-state index contributed by atoms with van der Waals surface area (Å²) in [6.45, 7) is 6.78. The lowest BCUT2D eigenvalue weighted by Crippen LogP contribution is -2.44. The van der Waals surface area contributed by atoms with E-state index in [1.54, 1.807) is 0 Å². The van der Waals surface area contributed by atoms with E-state index in [2.05, 4.69) is 70.3 Å². The minimum Gasteiger partial charge on any atom is -0.491 e. The summed E-state index contributed by atoms with van der Waals surface area (Å²) >= 11 is 0. The summed E-state index contributed by atoms with van der Waals surface area (Å²) in [5.41, 5.74) is 2.63. The highest BCUT2D eigenvalue weighted by Gasteiger charge is 2.22. The van der Waals surface area contributed by atoms with Gasteiger partial charge in [-0.05, 0) is 75.6 Å². The number of piperidine rings is 1. The number of hydrogen-bond acceptors (Lipinski definition) is 4. The van der Waals surface area contributed by atoms with Gasteiger partial charge in [0.15, 0.2) is 0 Å². The molecule has 2 aromatic carbocycles. The third-order valence-electron chi connectivity index (χ3n) is 7.64. The first-order valence-corrected chi connectivity index (χ1v) is 13.7. The summed E-state index contributed by atoms with van der Waals surface area (Å²) in [7, 11) is 2.18. The van der Waals surface area contributed by atoms with Gasteiger partial charge in [-0.25, -0.2) is 0 Å². The first kappa shape index (κ1) is 25.6. The maximum atomic E-state index is 12.7. The summed E-state index contributed by atoms with van der Waals surface area (Å²) in [6.07, 6.45) is 8.47. The summed E-state index contributed by atoms with van der Waals surface area (Å²) in [6, 6.07) is 19.1. The van der Waals surface area contributed by atoms with Gasteiger partial charge >= 0.3 is 0 Å². The molecule has 0 atom stereocenters. The first-order chi connectivity index (χ1) is 17.2. The summed E-state index contributed by atoms with van der Waals surface area (Å²) in [4.78, 5) is 19.6. The van der Waals surface area contributed by atoms with Crippen molar-refractivity contribution in [3.8, 4) is 5.75 Å². The van der Waals surface area contributed by atoms with Crippen LogP contribution in [-0.4, -0.2) is 68.6 Å². The molecule has 0 saturated carbocycles. The molecule has 5 nitrogen and oxygen atoms in total. The van der Waals surface area contributed by atoms with Crippen molar-refractivity contribution >= 4 is 11.6 Å². The van der Waals surface area contributed by atoms with Crippen molar-refractivity contribution in [2.75, 3.05) is 57.8 Å². The van der Waals surface area contributed by atoms with Crippen LogP contribution < -0.4 is 9.64 Å². The Bertz CT molecular complexity index is 887. The number of unbranched alkanes of at least 4 members (excludes halogenated alkanes) is 1. The lowest BCUT2D eigenvalue weighted by Gasteiger charge is -2.34. The standard InChI is InChI=1S/C30H43N3O2/c1-31-21-23-32(24-22-31)28-14-5-6-15-29(28)35-25-8-7-16-30(34)33-19-17-27(18-20-33)13-9-12-26-10-3-2-4-11-26/h2-6,10-11,14-15,27H,7-9,12-13,16-25H2,1H3. The minimum absolute atomic E-state index is 0.325. The molecule has 2 aromatic rings. The Balaban J connectivity index is 1.09. The Kier molecular flexibility index (Phi) is 9.88. The van der Waals surface area contributed by atoms with Gasteiger partial charge in [0, 0.05) is 45.7 Å². The molecule has 2 aliphatic heterocycles. The van der Waals surface area contributed by atoms with E-state index in [1.807, 2.05) is 6.07 Å². The molecule has 0 radical (unpaired) electrons. The van der Waals surface area contributed by atoms with Crippen molar-refractivity contribution < 1.29 is 9.53 Å². The van der Waals surface area contributed by atoms with Crippen LogP contribution in [0.2, 0.25) is 0 Å². The highest BCUT2D eigenvalue weighted by molar-refractivity contribution is 5.76. The molecular weight excluding hydrogens is 434 g/mol. The number of amides is 1. The molecule has 0 aromatic heterocycles. The van der Waals surface area contributed by atoms with Crippen molar-refractivity contribution in [3.63, 3.8) is 0 Å². The Hall–Kier alpha value is -2.53. The van der Waals surface area contributed by atoms with Crippen LogP contribution >= 0.6 is 0 Å². The Morgan fingerprint density at radius 3 is 2.34 bits per heavy atom. The van der Waals surface area contributed by atoms with Gasteiger partial charge in [-0.15, -0.1) is 0 Å². The lowest BCUT2D eigenvalue weighted by molar-refractivity contribution is -0.132. The van der Waals surface area contributed by atoms with Crippen molar-refractivity contribution in [2.24, 2.45) is 5.92 Å².